The molecule has 2 aromatic carbocycles. The van der Waals surface area contributed by atoms with Gasteiger partial charge >= 0.3 is 11.9 Å². The number of benzene rings is 2. The maximum absolute atomic E-state index is 13.8. The fourth-order valence-corrected chi connectivity index (χ4v) is 9.22. The third-order valence-corrected chi connectivity index (χ3v) is 12.2. The molecule has 2 aliphatic heterocycles. The molecule has 0 bridgehead atoms. The number of carbonyl (C=O) groups excluding carboxylic acids is 4. The van der Waals surface area contributed by atoms with Crippen LogP contribution in [0.1, 0.15) is 68.7 Å². The lowest BCUT2D eigenvalue weighted by Crippen LogP contribution is -2.54. The molecular weight excluding hydrogens is 719 g/mol. The van der Waals surface area contributed by atoms with Crippen molar-refractivity contribution in [1.82, 2.24) is 19.8 Å². The number of ether oxygens (including phenoxy) is 2. The first-order chi connectivity index (χ1) is 27.2. The monoisotopic (exact) mass is 762 g/mol. The molecular formula is C44H44F2N4O6. The first kappa shape index (κ1) is 37.7. The van der Waals surface area contributed by atoms with Crippen LogP contribution >= 0.6 is 0 Å². The largest absolute Gasteiger partial charge is 0.452 e. The van der Waals surface area contributed by atoms with E-state index in [-0.39, 0.29) is 46.6 Å². The van der Waals surface area contributed by atoms with Crippen molar-refractivity contribution in [1.29, 1.82) is 0 Å². The van der Waals surface area contributed by atoms with Crippen molar-refractivity contribution in [2.45, 2.75) is 75.7 Å². The molecule has 0 radical (unpaired) electrons. The quantitative estimate of drug-likeness (QED) is 0.131. The van der Waals surface area contributed by atoms with Crippen molar-refractivity contribution >= 4 is 23.5 Å². The van der Waals surface area contributed by atoms with Gasteiger partial charge in [-0.05, 0) is 99.1 Å². The standard InChI is InChI=1S/C44H44F2N4O6/c45-35-17-33(23-47-25-35)41(51)27-9-13-49(14-10-27)37-19-29-5-1-3-7-31(29)21-39(37)55-43(53)44(54)56-40-22-32-8-4-2-6-30(32)20-38(40)50-15-11-28(12-16-50)42(52)34-18-36(46)26-48-24-34/h1-8,17-18,23-28,37-40H,9-16,19-22H2. The van der Waals surface area contributed by atoms with E-state index in [0.717, 1.165) is 34.6 Å². The molecule has 0 spiro atoms. The average molecular weight is 763 g/mol. The smallest absolute Gasteiger partial charge is 0.417 e. The Hall–Kier alpha value is -5.20. The summed E-state index contributed by atoms with van der Waals surface area (Å²) in [4.78, 5) is 65.8. The number of nitrogens with zero attached hydrogens (tertiary/aromatic N) is 4. The number of hydrogen-bond acceptors (Lipinski definition) is 10. The highest BCUT2D eigenvalue weighted by Gasteiger charge is 2.42. The fraction of sp³-hybridized carbons (Fsp3) is 0.409. The number of rotatable bonds is 8. The zero-order valence-corrected chi connectivity index (χ0v) is 31.0. The summed E-state index contributed by atoms with van der Waals surface area (Å²) in [6.45, 7) is 2.31. The summed E-state index contributed by atoms with van der Waals surface area (Å²) in [6, 6.07) is 18.1. The van der Waals surface area contributed by atoms with Gasteiger partial charge in [-0.1, -0.05) is 48.5 Å². The van der Waals surface area contributed by atoms with Crippen LogP contribution in [0.25, 0.3) is 0 Å². The molecule has 290 valence electrons. The van der Waals surface area contributed by atoms with Gasteiger partial charge < -0.3 is 9.47 Å². The molecule has 4 aliphatic rings. The predicted molar refractivity (Wildman–Crippen MR) is 201 cm³/mol. The molecule has 2 saturated heterocycles. The molecule has 4 aromatic rings. The Kier molecular flexibility index (Phi) is 11.1. The van der Waals surface area contributed by atoms with Crippen molar-refractivity contribution in [3.8, 4) is 0 Å². The molecule has 4 unspecified atom stereocenters. The number of Topliss-reactive ketones (excluding diaryl/α,β-unsaturated/α-hetero) is 2. The maximum atomic E-state index is 13.8. The van der Waals surface area contributed by atoms with Crippen LogP contribution in [0.3, 0.4) is 0 Å². The van der Waals surface area contributed by atoms with Crippen LogP contribution in [-0.4, -0.2) is 93.7 Å². The minimum Gasteiger partial charge on any atom is -0.452 e. The lowest BCUT2D eigenvalue weighted by Gasteiger charge is -2.43. The van der Waals surface area contributed by atoms with Crippen molar-refractivity contribution in [3.05, 3.63) is 130 Å². The number of aromatic nitrogens is 2. The highest BCUT2D eigenvalue weighted by Crippen LogP contribution is 2.33. The lowest BCUT2D eigenvalue weighted by molar-refractivity contribution is -0.178. The highest BCUT2D eigenvalue weighted by molar-refractivity contribution is 6.29. The number of likely N-dealkylation sites (tertiary alicyclic amines) is 2. The molecule has 8 rings (SSSR count). The number of esters is 2. The van der Waals surface area contributed by atoms with Gasteiger partial charge in [0.25, 0.3) is 0 Å². The van der Waals surface area contributed by atoms with Crippen molar-refractivity contribution in [2.24, 2.45) is 11.8 Å². The molecule has 2 fully saturated rings. The topological polar surface area (TPSA) is 119 Å². The summed E-state index contributed by atoms with van der Waals surface area (Å²) in [7, 11) is 0. The molecule has 2 aliphatic carbocycles. The molecule has 2 aromatic heterocycles. The van der Waals surface area contributed by atoms with Gasteiger partial charge in [0.1, 0.15) is 23.8 Å². The number of halogens is 2. The minimum atomic E-state index is -1.03. The minimum absolute atomic E-state index is 0.126. The molecule has 0 saturated carbocycles. The second-order valence-corrected chi connectivity index (χ2v) is 15.5. The zero-order valence-electron chi connectivity index (χ0n) is 31.0. The van der Waals surface area contributed by atoms with E-state index in [0.29, 0.717) is 77.5 Å². The predicted octanol–water partition coefficient (Wildman–Crippen LogP) is 5.40. The first-order valence-electron chi connectivity index (χ1n) is 19.5. The van der Waals surface area contributed by atoms with Gasteiger partial charge in [0, 0.05) is 48.2 Å². The van der Waals surface area contributed by atoms with Crippen LogP contribution in [0.15, 0.2) is 85.5 Å². The van der Waals surface area contributed by atoms with Gasteiger partial charge in [-0.2, -0.15) is 0 Å². The lowest BCUT2D eigenvalue weighted by atomic mass is 9.82. The summed E-state index contributed by atoms with van der Waals surface area (Å²) < 4.78 is 39.7. The normalized spacial score (nSPS) is 23.4. The average Bonchev–Trinajstić information content (AvgIpc) is 3.22. The zero-order chi connectivity index (χ0) is 38.8. The van der Waals surface area contributed by atoms with Crippen LogP contribution in [-0.2, 0) is 44.7 Å². The Morgan fingerprint density at radius 2 is 0.893 bits per heavy atom. The molecule has 4 heterocycles. The Morgan fingerprint density at radius 3 is 1.25 bits per heavy atom. The number of hydrogen-bond donors (Lipinski definition) is 0. The van der Waals surface area contributed by atoms with Gasteiger partial charge in [-0.25, -0.2) is 18.4 Å². The van der Waals surface area contributed by atoms with Gasteiger partial charge in [-0.3, -0.25) is 29.4 Å². The van der Waals surface area contributed by atoms with Gasteiger partial charge in [0.05, 0.1) is 24.5 Å². The Bertz CT molecular complexity index is 1970. The van der Waals surface area contributed by atoms with Crippen LogP contribution in [0.2, 0.25) is 0 Å². The molecule has 10 nitrogen and oxygen atoms in total. The Labute approximate surface area is 324 Å². The van der Waals surface area contributed by atoms with E-state index in [4.69, 9.17) is 9.47 Å². The van der Waals surface area contributed by atoms with E-state index >= 15 is 0 Å². The van der Waals surface area contributed by atoms with Crippen molar-refractivity contribution in [2.75, 3.05) is 26.2 Å². The SMILES string of the molecule is O=C(OC1Cc2ccccc2CC1N1CCC(C(=O)c2cncc(F)c2)CC1)C(=O)OC1Cc2ccccc2CC1N1CCC(C(=O)c2cncc(F)c2)CC1. The summed E-state index contributed by atoms with van der Waals surface area (Å²) in [6.07, 6.45) is 8.09. The number of piperidine rings is 2. The molecule has 56 heavy (non-hydrogen) atoms. The van der Waals surface area contributed by atoms with E-state index < -0.39 is 35.8 Å². The first-order valence-corrected chi connectivity index (χ1v) is 19.5. The second-order valence-electron chi connectivity index (χ2n) is 15.5. The fourth-order valence-electron chi connectivity index (χ4n) is 9.22. The van der Waals surface area contributed by atoms with E-state index in [1.165, 1.54) is 24.5 Å². The molecule has 12 heteroatoms. The summed E-state index contributed by atoms with van der Waals surface area (Å²) in [5.74, 6) is -3.95. The number of pyridine rings is 2. The van der Waals surface area contributed by atoms with Crippen molar-refractivity contribution < 1.29 is 37.4 Å². The number of fused-ring (bicyclic) bond motifs is 2. The van der Waals surface area contributed by atoms with Crippen molar-refractivity contribution in [3.63, 3.8) is 0 Å². The van der Waals surface area contributed by atoms with Gasteiger partial charge in [0.2, 0.25) is 0 Å². The van der Waals surface area contributed by atoms with E-state index in [1.807, 2.05) is 36.4 Å². The Morgan fingerprint density at radius 1 is 0.536 bits per heavy atom. The molecule has 0 amide bonds. The van der Waals surface area contributed by atoms with Crippen LogP contribution in [0, 0.1) is 23.5 Å². The Balaban J connectivity index is 0.933. The van der Waals surface area contributed by atoms with Gasteiger partial charge in [-0.15, -0.1) is 0 Å². The summed E-state index contributed by atoms with van der Waals surface area (Å²) in [5.41, 5.74) is 4.94. The third kappa shape index (κ3) is 8.17. The van der Waals surface area contributed by atoms with Crippen LogP contribution in [0.4, 0.5) is 8.78 Å². The third-order valence-electron chi connectivity index (χ3n) is 12.2. The van der Waals surface area contributed by atoms with Crippen LogP contribution < -0.4 is 0 Å². The maximum Gasteiger partial charge on any atom is 0.417 e. The molecule has 0 N–H and O–H groups in total. The van der Waals surface area contributed by atoms with E-state index in [9.17, 15) is 28.0 Å². The van der Waals surface area contributed by atoms with Gasteiger partial charge in [0.15, 0.2) is 11.6 Å². The summed E-state index contributed by atoms with van der Waals surface area (Å²) >= 11 is 0. The van der Waals surface area contributed by atoms with E-state index in [1.54, 1.807) is 0 Å². The second kappa shape index (κ2) is 16.5. The number of carbonyl (C=O) groups is 4. The highest BCUT2D eigenvalue weighted by atomic mass is 19.1. The van der Waals surface area contributed by atoms with E-state index in [2.05, 4.69) is 31.9 Å². The summed E-state index contributed by atoms with van der Waals surface area (Å²) in [5, 5.41) is 0. The van der Waals surface area contributed by atoms with Crippen LogP contribution in [0.5, 0.6) is 0 Å². The number of ketones is 2. The molecule has 4 atom stereocenters.